The Morgan fingerprint density at radius 1 is 1.29 bits per heavy atom. The third-order valence-electron chi connectivity index (χ3n) is 4.31. The van der Waals surface area contributed by atoms with Gasteiger partial charge in [-0.2, -0.15) is 0 Å². The fourth-order valence-electron chi connectivity index (χ4n) is 2.79. The fraction of sp³-hybridized carbons (Fsp3) is 0.529. The van der Waals surface area contributed by atoms with Gasteiger partial charge < -0.3 is 11.1 Å². The standard InChI is InChI=1S/C17H24N2OS/c1-17(2)9-7-14(8-10-17)19-15(20)11-12-3-5-13(6-4-12)16(18)21/h3-6,14H,7-11H2,1-2H3,(H2,18,21)(H,19,20). The molecule has 1 saturated carbocycles. The van der Waals surface area contributed by atoms with Crippen LogP contribution in [-0.2, 0) is 11.2 Å². The Labute approximate surface area is 132 Å². The van der Waals surface area contributed by atoms with Crippen LogP contribution < -0.4 is 11.1 Å². The molecular weight excluding hydrogens is 280 g/mol. The second-order valence-electron chi connectivity index (χ2n) is 6.74. The lowest BCUT2D eigenvalue weighted by molar-refractivity contribution is -0.121. The molecule has 0 radical (unpaired) electrons. The van der Waals surface area contributed by atoms with Crippen molar-refractivity contribution in [3.63, 3.8) is 0 Å². The lowest BCUT2D eigenvalue weighted by Gasteiger charge is -2.34. The first-order chi connectivity index (χ1) is 9.85. The van der Waals surface area contributed by atoms with E-state index in [2.05, 4.69) is 19.2 Å². The Hall–Kier alpha value is -1.42. The summed E-state index contributed by atoms with van der Waals surface area (Å²) in [5, 5.41) is 3.15. The maximum absolute atomic E-state index is 12.1. The van der Waals surface area contributed by atoms with Crippen molar-refractivity contribution in [1.29, 1.82) is 0 Å². The SMILES string of the molecule is CC1(C)CCC(NC(=O)Cc2ccc(C(N)=S)cc2)CC1. The summed E-state index contributed by atoms with van der Waals surface area (Å²) in [5.74, 6) is 0.0998. The van der Waals surface area contributed by atoms with Gasteiger partial charge in [0, 0.05) is 11.6 Å². The molecule has 1 aliphatic rings. The van der Waals surface area contributed by atoms with Crippen LogP contribution in [0.25, 0.3) is 0 Å². The van der Waals surface area contributed by atoms with Crippen molar-refractivity contribution in [3.05, 3.63) is 35.4 Å². The average molecular weight is 304 g/mol. The lowest BCUT2D eigenvalue weighted by Crippen LogP contribution is -2.39. The third kappa shape index (κ3) is 4.81. The smallest absolute Gasteiger partial charge is 0.224 e. The zero-order valence-electron chi connectivity index (χ0n) is 12.8. The number of carbonyl (C=O) groups excluding carboxylic acids is 1. The van der Waals surface area contributed by atoms with Gasteiger partial charge in [0.1, 0.15) is 4.99 Å². The van der Waals surface area contributed by atoms with Crippen molar-refractivity contribution < 1.29 is 4.79 Å². The Balaban J connectivity index is 1.83. The van der Waals surface area contributed by atoms with E-state index in [1.165, 1.54) is 12.8 Å². The van der Waals surface area contributed by atoms with E-state index in [1.807, 2.05) is 24.3 Å². The minimum Gasteiger partial charge on any atom is -0.389 e. The number of nitrogens with one attached hydrogen (secondary N) is 1. The molecule has 1 fully saturated rings. The Morgan fingerprint density at radius 3 is 2.38 bits per heavy atom. The molecule has 0 heterocycles. The molecule has 3 nitrogen and oxygen atoms in total. The molecule has 1 aromatic rings. The molecule has 1 aliphatic carbocycles. The van der Waals surface area contributed by atoms with E-state index in [-0.39, 0.29) is 5.91 Å². The van der Waals surface area contributed by atoms with Gasteiger partial charge in [-0.05, 0) is 36.7 Å². The summed E-state index contributed by atoms with van der Waals surface area (Å²) in [5.41, 5.74) is 7.82. The van der Waals surface area contributed by atoms with Gasteiger partial charge in [-0.3, -0.25) is 4.79 Å². The quantitative estimate of drug-likeness (QED) is 0.841. The molecular formula is C17H24N2OS. The summed E-state index contributed by atoms with van der Waals surface area (Å²) in [4.78, 5) is 12.5. The number of hydrogen-bond donors (Lipinski definition) is 2. The minimum absolute atomic E-state index is 0.0998. The largest absolute Gasteiger partial charge is 0.389 e. The maximum Gasteiger partial charge on any atom is 0.224 e. The summed E-state index contributed by atoms with van der Waals surface area (Å²) in [6.07, 6.45) is 4.94. The normalized spacial score (nSPS) is 18.2. The molecule has 1 amide bonds. The molecule has 0 atom stereocenters. The topological polar surface area (TPSA) is 55.1 Å². The average Bonchev–Trinajstić information content (AvgIpc) is 2.42. The molecule has 0 bridgehead atoms. The van der Waals surface area contributed by atoms with Gasteiger partial charge in [-0.1, -0.05) is 50.3 Å². The second kappa shape index (κ2) is 6.56. The number of carbonyl (C=O) groups is 1. The highest BCUT2D eigenvalue weighted by Crippen LogP contribution is 2.34. The first kappa shape index (κ1) is 16.0. The van der Waals surface area contributed by atoms with Crippen molar-refractivity contribution in [3.8, 4) is 0 Å². The molecule has 0 saturated heterocycles. The predicted molar refractivity (Wildman–Crippen MR) is 90.2 cm³/mol. The molecule has 0 spiro atoms. The predicted octanol–water partition coefficient (Wildman–Crippen LogP) is 2.95. The highest BCUT2D eigenvalue weighted by Gasteiger charge is 2.27. The molecule has 4 heteroatoms. The van der Waals surface area contributed by atoms with Crippen molar-refractivity contribution in [2.45, 2.75) is 52.0 Å². The van der Waals surface area contributed by atoms with E-state index in [1.54, 1.807) is 0 Å². The summed E-state index contributed by atoms with van der Waals surface area (Å²) in [6, 6.07) is 7.90. The summed E-state index contributed by atoms with van der Waals surface area (Å²) >= 11 is 4.92. The maximum atomic E-state index is 12.1. The lowest BCUT2D eigenvalue weighted by atomic mass is 9.75. The van der Waals surface area contributed by atoms with Crippen LogP contribution >= 0.6 is 12.2 Å². The van der Waals surface area contributed by atoms with Gasteiger partial charge in [0.05, 0.1) is 6.42 Å². The number of hydrogen-bond acceptors (Lipinski definition) is 2. The van der Waals surface area contributed by atoms with Crippen molar-refractivity contribution in [2.24, 2.45) is 11.1 Å². The summed E-state index contributed by atoms with van der Waals surface area (Å²) in [6.45, 7) is 4.60. The minimum atomic E-state index is 0.0998. The molecule has 3 N–H and O–H groups in total. The Morgan fingerprint density at radius 2 is 1.86 bits per heavy atom. The van der Waals surface area contributed by atoms with E-state index < -0.39 is 0 Å². The van der Waals surface area contributed by atoms with E-state index in [4.69, 9.17) is 18.0 Å². The number of rotatable bonds is 4. The van der Waals surface area contributed by atoms with E-state index in [0.29, 0.717) is 22.9 Å². The molecule has 2 rings (SSSR count). The molecule has 114 valence electrons. The number of amides is 1. The molecule has 21 heavy (non-hydrogen) atoms. The van der Waals surface area contributed by atoms with Crippen LogP contribution in [0.1, 0.15) is 50.7 Å². The van der Waals surface area contributed by atoms with E-state index in [9.17, 15) is 4.79 Å². The number of thiocarbonyl (C=S) groups is 1. The van der Waals surface area contributed by atoms with Gasteiger partial charge in [0.25, 0.3) is 0 Å². The summed E-state index contributed by atoms with van der Waals surface area (Å²) in [7, 11) is 0. The molecule has 0 aromatic heterocycles. The highest BCUT2D eigenvalue weighted by molar-refractivity contribution is 7.80. The summed E-state index contributed by atoms with van der Waals surface area (Å²) < 4.78 is 0. The van der Waals surface area contributed by atoms with Gasteiger partial charge in [-0.25, -0.2) is 0 Å². The second-order valence-corrected chi connectivity index (χ2v) is 7.18. The van der Waals surface area contributed by atoms with Crippen LogP contribution in [0.2, 0.25) is 0 Å². The molecule has 1 aromatic carbocycles. The van der Waals surface area contributed by atoms with Crippen molar-refractivity contribution >= 4 is 23.1 Å². The van der Waals surface area contributed by atoms with Gasteiger partial charge in [0.2, 0.25) is 5.91 Å². The zero-order valence-corrected chi connectivity index (χ0v) is 13.6. The van der Waals surface area contributed by atoms with Gasteiger partial charge >= 0.3 is 0 Å². The first-order valence-corrected chi connectivity index (χ1v) is 7.95. The van der Waals surface area contributed by atoms with Crippen LogP contribution in [0.4, 0.5) is 0 Å². The third-order valence-corrected chi connectivity index (χ3v) is 4.54. The first-order valence-electron chi connectivity index (χ1n) is 7.54. The van der Waals surface area contributed by atoms with Crippen LogP contribution in [0.15, 0.2) is 24.3 Å². The van der Waals surface area contributed by atoms with Crippen LogP contribution in [0.3, 0.4) is 0 Å². The number of nitrogens with two attached hydrogens (primary N) is 1. The van der Waals surface area contributed by atoms with Crippen LogP contribution in [0, 0.1) is 5.41 Å². The van der Waals surface area contributed by atoms with Gasteiger partial charge in [-0.15, -0.1) is 0 Å². The van der Waals surface area contributed by atoms with E-state index in [0.717, 1.165) is 24.0 Å². The van der Waals surface area contributed by atoms with Crippen molar-refractivity contribution in [1.82, 2.24) is 5.32 Å². The Bertz CT molecular complexity index is 512. The monoisotopic (exact) mass is 304 g/mol. The number of benzene rings is 1. The van der Waals surface area contributed by atoms with Crippen LogP contribution in [0.5, 0.6) is 0 Å². The molecule has 0 aliphatic heterocycles. The molecule has 0 unspecified atom stereocenters. The van der Waals surface area contributed by atoms with E-state index >= 15 is 0 Å². The Kier molecular flexibility index (Phi) is 4.99. The van der Waals surface area contributed by atoms with Gasteiger partial charge in [0.15, 0.2) is 0 Å². The van der Waals surface area contributed by atoms with Crippen molar-refractivity contribution in [2.75, 3.05) is 0 Å². The van der Waals surface area contributed by atoms with Crippen LogP contribution in [-0.4, -0.2) is 16.9 Å². The highest BCUT2D eigenvalue weighted by atomic mass is 32.1. The fourth-order valence-corrected chi connectivity index (χ4v) is 2.93. The zero-order chi connectivity index (χ0) is 15.5.